The van der Waals surface area contributed by atoms with Crippen molar-refractivity contribution in [3.63, 3.8) is 0 Å². The predicted molar refractivity (Wildman–Crippen MR) is 91.2 cm³/mol. The van der Waals surface area contributed by atoms with Crippen molar-refractivity contribution in [2.24, 2.45) is 17.3 Å². The van der Waals surface area contributed by atoms with Crippen molar-refractivity contribution in [1.29, 1.82) is 21.2 Å². The van der Waals surface area contributed by atoms with Crippen molar-refractivity contribution in [3.8, 4) is 18.2 Å². The summed E-state index contributed by atoms with van der Waals surface area (Å²) in [5, 5.41) is 37.8. The van der Waals surface area contributed by atoms with Crippen LogP contribution in [0, 0.1) is 56.7 Å². The molecule has 1 aromatic rings. The summed E-state index contributed by atoms with van der Waals surface area (Å²) in [6.07, 6.45) is 5.27. The third-order valence-corrected chi connectivity index (χ3v) is 5.38. The number of fused-ring (bicyclic) bond motifs is 1. The number of nitrogens with one attached hydrogen (secondary N) is 1. The summed E-state index contributed by atoms with van der Waals surface area (Å²) < 4.78 is 0. The maximum atomic E-state index is 9.77. The molecule has 3 atom stereocenters. The van der Waals surface area contributed by atoms with Gasteiger partial charge in [-0.1, -0.05) is 13.0 Å². The van der Waals surface area contributed by atoms with E-state index in [1.165, 1.54) is 0 Å². The van der Waals surface area contributed by atoms with Gasteiger partial charge in [0.1, 0.15) is 0 Å². The smallest absolute Gasteiger partial charge is 0.203 e. The molecule has 2 aliphatic rings. The first-order valence-electron chi connectivity index (χ1n) is 8.26. The monoisotopic (exact) mass is 330 g/mol. The van der Waals surface area contributed by atoms with Gasteiger partial charge in [-0.3, -0.25) is 9.88 Å². The molecule has 1 aliphatic carbocycles. The lowest BCUT2D eigenvalue weighted by molar-refractivity contribution is 0.218. The second-order valence-electron chi connectivity index (χ2n) is 6.42. The number of pyridine rings is 1. The van der Waals surface area contributed by atoms with E-state index in [4.69, 9.17) is 5.41 Å². The fraction of sp³-hybridized carbons (Fsp3) is 0.421. The molecule has 6 heteroatoms. The Bertz CT molecular complexity index is 821. The number of likely N-dealkylation sites (N-methyl/N-ethyl adjacent to an activating group) is 1. The SMILES string of the molecule is CCN1CC=C2[C@H](C1)[C@H](c1ccncc1)[C@@H](C#N)C(=N)C2(C#N)C#N. The molecule has 0 spiro atoms. The van der Waals surface area contributed by atoms with Gasteiger partial charge in [0, 0.05) is 37.3 Å². The average molecular weight is 330 g/mol. The first-order chi connectivity index (χ1) is 12.1. The van der Waals surface area contributed by atoms with Crippen LogP contribution in [0.1, 0.15) is 18.4 Å². The van der Waals surface area contributed by atoms with E-state index < -0.39 is 11.3 Å². The number of hydrogen-bond donors (Lipinski definition) is 1. The average Bonchev–Trinajstić information content (AvgIpc) is 2.68. The van der Waals surface area contributed by atoms with E-state index in [9.17, 15) is 15.8 Å². The minimum atomic E-state index is -1.63. The van der Waals surface area contributed by atoms with Crippen LogP contribution in [-0.2, 0) is 0 Å². The van der Waals surface area contributed by atoms with Gasteiger partial charge in [0.25, 0.3) is 0 Å². The molecule has 0 amide bonds. The van der Waals surface area contributed by atoms with Crippen molar-refractivity contribution in [1.82, 2.24) is 9.88 Å². The van der Waals surface area contributed by atoms with Crippen molar-refractivity contribution in [2.45, 2.75) is 12.8 Å². The molecule has 0 saturated heterocycles. The lowest BCUT2D eigenvalue weighted by atomic mass is 9.55. The topological polar surface area (TPSA) is 111 Å². The van der Waals surface area contributed by atoms with Gasteiger partial charge >= 0.3 is 0 Å². The molecule has 0 radical (unpaired) electrons. The van der Waals surface area contributed by atoms with Gasteiger partial charge in [-0.15, -0.1) is 0 Å². The van der Waals surface area contributed by atoms with E-state index in [-0.39, 0.29) is 17.5 Å². The minimum absolute atomic E-state index is 0.103. The lowest BCUT2D eigenvalue weighted by Gasteiger charge is -2.47. The lowest BCUT2D eigenvalue weighted by Crippen LogP contribution is -2.52. The van der Waals surface area contributed by atoms with E-state index in [1.54, 1.807) is 12.4 Å². The molecule has 1 aromatic heterocycles. The Hall–Kier alpha value is -3.01. The van der Waals surface area contributed by atoms with Gasteiger partial charge in [0.2, 0.25) is 5.41 Å². The van der Waals surface area contributed by atoms with E-state index in [0.29, 0.717) is 18.7 Å². The van der Waals surface area contributed by atoms with Crippen molar-refractivity contribution in [2.75, 3.05) is 19.6 Å². The van der Waals surface area contributed by atoms with Crippen molar-refractivity contribution in [3.05, 3.63) is 41.7 Å². The molecule has 1 saturated carbocycles. The van der Waals surface area contributed by atoms with Gasteiger partial charge in [-0.05, 0) is 29.8 Å². The van der Waals surface area contributed by atoms with Crippen LogP contribution in [0.25, 0.3) is 0 Å². The van der Waals surface area contributed by atoms with Crippen LogP contribution < -0.4 is 0 Å². The highest BCUT2D eigenvalue weighted by atomic mass is 15.1. The molecule has 0 aromatic carbocycles. The van der Waals surface area contributed by atoms with Crippen LogP contribution in [0.15, 0.2) is 36.2 Å². The summed E-state index contributed by atoms with van der Waals surface area (Å²) in [5.41, 5.74) is -0.131. The molecule has 1 fully saturated rings. The van der Waals surface area contributed by atoms with Gasteiger partial charge < -0.3 is 5.41 Å². The van der Waals surface area contributed by atoms with Crippen LogP contribution in [0.5, 0.6) is 0 Å². The van der Waals surface area contributed by atoms with Gasteiger partial charge in [-0.25, -0.2) is 0 Å². The Morgan fingerprint density at radius 1 is 1.28 bits per heavy atom. The van der Waals surface area contributed by atoms with Gasteiger partial charge in [-0.2, -0.15) is 15.8 Å². The van der Waals surface area contributed by atoms with Crippen LogP contribution in [0.3, 0.4) is 0 Å². The number of rotatable bonds is 2. The van der Waals surface area contributed by atoms with Crippen LogP contribution in [0.2, 0.25) is 0 Å². The fourth-order valence-electron chi connectivity index (χ4n) is 4.06. The maximum absolute atomic E-state index is 9.77. The van der Waals surface area contributed by atoms with Crippen LogP contribution in [-0.4, -0.2) is 35.2 Å². The minimum Gasteiger partial charge on any atom is -0.305 e. The molecule has 3 rings (SSSR count). The highest BCUT2D eigenvalue weighted by Gasteiger charge is 2.56. The molecule has 0 bridgehead atoms. The normalized spacial score (nSPS) is 28.0. The molecule has 124 valence electrons. The first-order valence-corrected chi connectivity index (χ1v) is 8.26. The molecule has 25 heavy (non-hydrogen) atoms. The summed E-state index contributed by atoms with van der Waals surface area (Å²) in [6, 6.07) is 10.0. The largest absolute Gasteiger partial charge is 0.305 e. The van der Waals surface area contributed by atoms with E-state index >= 15 is 0 Å². The number of aromatic nitrogens is 1. The van der Waals surface area contributed by atoms with Gasteiger partial charge in [0.15, 0.2) is 0 Å². The maximum Gasteiger partial charge on any atom is 0.203 e. The molecular formula is C19H18N6. The summed E-state index contributed by atoms with van der Waals surface area (Å²) in [7, 11) is 0. The zero-order chi connectivity index (χ0) is 18.0. The second kappa shape index (κ2) is 6.48. The van der Waals surface area contributed by atoms with E-state index in [2.05, 4.69) is 22.9 Å². The third-order valence-electron chi connectivity index (χ3n) is 5.38. The van der Waals surface area contributed by atoms with E-state index in [1.807, 2.05) is 30.3 Å². The third kappa shape index (κ3) is 2.41. The Labute approximate surface area is 147 Å². The van der Waals surface area contributed by atoms with Crippen LogP contribution in [0.4, 0.5) is 0 Å². The standard InChI is InChI=1S/C19H18N6/c1-2-25-8-5-16-15(10-25)17(13-3-6-24-7-4-13)14(9-20)18(23)19(16,11-21)12-22/h3-7,14-15,17,23H,2,8,10H2,1H3/t14-,15+,17-/m1/s1. The Balaban J connectivity index is 2.21. The fourth-order valence-corrected chi connectivity index (χ4v) is 4.06. The molecule has 1 N–H and O–H groups in total. The Morgan fingerprint density at radius 3 is 2.52 bits per heavy atom. The zero-order valence-corrected chi connectivity index (χ0v) is 14.0. The number of nitrogens with zero attached hydrogens (tertiary/aromatic N) is 5. The summed E-state index contributed by atoms with van der Waals surface area (Å²) >= 11 is 0. The highest BCUT2D eigenvalue weighted by Crippen LogP contribution is 2.52. The summed E-state index contributed by atoms with van der Waals surface area (Å²) in [6.45, 7) is 4.24. The molecule has 0 unspecified atom stereocenters. The van der Waals surface area contributed by atoms with Crippen molar-refractivity contribution < 1.29 is 0 Å². The summed E-state index contributed by atoms with van der Waals surface area (Å²) in [5.74, 6) is -1.20. The van der Waals surface area contributed by atoms with E-state index in [0.717, 1.165) is 12.1 Å². The highest BCUT2D eigenvalue weighted by molar-refractivity contribution is 6.01. The van der Waals surface area contributed by atoms with Crippen molar-refractivity contribution >= 4 is 5.71 Å². The molecular weight excluding hydrogens is 312 g/mol. The Kier molecular flexibility index (Phi) is 4.36. The second-order valence-corrected chi connectivity index (χ2v) is 6.42. The zero-order valence-electron chi connectivity index (χ0n) is 14.0. The van der Waals surface area contributed by atoms with Gasteiger partial charge in [0.05, 0.1) is 29.8 Å². The number of nitriles is 3. The molecule has 2 heterocycles. The predicted octanol–water partition coefficient (Wildman–Crippen LogP) is 2.25. The molecule has 1 aliphatic heterocycles. The Morgan fingerprint density at radius 2 is 1.96 bits per heavy atom. The summed E-state index contributed by atoms with van der Waals surface area (Å²) in [4.78, 5) is 6.27. The molecule has 6 nitrogen and oxygen atoms in total. The number of hydrogen-bond acceptors (Lipinski definition) is 6. The first kappa shape index (κ1) is 16.8. The van der Waals surface area contributed by atoms with Crippen LogP contribution >= 0.6 is 0 Å². The quantitative estimate of drug-likeness (QED) is 0.836.